The zero-order valence-corrected chi connectivity index (χ0v) is 17.9. The number of halogens is 4. The Kier molecular flexibility index (Phi) is 4.31. The molecule has 5 heterocycles. The van der Waals surface area contributed by atoms with Crippen LogP contribution in [0.3, 0.4) is 0 Å². The van der Waals surface area contributed by atoms with E-state index in [9.17, 15) is 18.0 Å². The van der Waals surface area contributed by atoms with Crippen molar-refractivity contribution in [1.82, 2.24) is 33.5 Å². The van der Waals surface area contributed by atoms with Crippen LogP contribution in [0, 0.1) is 0 Å². The number of nitrogens with zero attached hydrogens (tertiary/aromatic N) is 7. The second-order valence-corrected chi connectivity index (χ2v) is 9.92. The molecule has 12 heteroatoms. The first-order valence-corrected chi connectivity index (χ1v) is 12.1. The van der Waals surface area contributed by atoms with Gasteiger partial charge in [0.05, 0.1) is 0 Å². The van der Waals surface area contributed by atoms with E-state index < -0.39 is 17.4 Å². The Bertz CT molecular complexity index is 1300. The van der Waals surface area contributed by atoms with E-state index >= 15 is 0 Å². The van der Waals surface area contributed by atoms with E-state index in [2.05, 4.69) is 15.3 Å². The second kappa shape index (κ2) is 6.68. The number of aryl methyl sites for hydroxylation is 1. The second-order valence-electron chi connectivity index (χ2n) is 7.32. The molecule has 0 saturated carbocycles. The zero-order valence-electron chi connectivity index (χ0n) is 15.7. The third kappa shape index (κ3) is 2.96. The van der Waals surface area contributed by atoms with Crippen LogP contribution in [-0.2, 0) is 25.2 Å². The Morgan fingerprint density at radius 1 is 1.27 bits per heavy atom. The fourth-order valence-corrected chi connectivity index (χ4v) is 6.63. The van der Waals surface area contributed by atoms with Crippen molar-refractivity contribution < 1.29 is 34.4 Å². The van der Waals surface area contributed by atoms with Crippen LogP contribution in [0.1, 0.15) is 11.4 Å². The van der Waals surface area contributed by atoms with Crippen molar-refractivity contribution >= 4 is 5.52 Å². The summed E-state index contributed by atoms with van der Waals surface area (Å²) in [5.41, 5.74) is -1.41. The molecule has 8 nitrogen and oxygen atoms in total. The SMILES string of the molecule is Cn1cnnc1CC1(n2cc(-n3cc4c(C(F)(F)F)cccn4c3=O)cn2)C[I-]C1. The van der Waals surface area contributed by atoms with Gasteiger partial charge in [0.25, 0.3) is 0 Å². The summed E-state index contributed by atoms with van der Waals surface area (Å²) >= 11 is 0.0793. The summed E-state index contributed by atoms with van der Waals surface area (Å²) in [4.78, 5) is 12.8. The summed E-state index contributed by atoms with van der Waals surface area (Å²) < 4.78 is 47.9. The zero-order chi connectivity index (χ0) is 21.1. The molecule has 1 aliphatic heterocycles. The van der Waals surface area contributed by atoms with E-state index in [0.717, 1.165) is 25.1 Å². The number of hydrogen-bond donors (Lipinski definition) is 0. The topological polar surface area (TPSA) is 74.9 Å². The number of imidazole rings is 1. The Morgan fingerprint density at radius 2 is 2.07 bits per heavy atom. The molecule has 158 valence electrons. The van der Waals surface area contributed by atoms with Crippen molar-refractivity contribution in [3.05, 3.63) is 65.1 Å². The van der Waals surface area contributed by atoms with Gasteiger partial charge in [-0.05, 0) is 0 Å². The number of aromatic nitrogens is 7. The number of pyridine rings is 1. The summed E-state index contributed by atoms with van der Waals surface area (Å²) in [6.45, 7) is 0. The molecule has 4 aromatic heterocycles. The van der Waals surface area contributed by atoms with Gasteiger partial charge < -0.3 is 0 Å². The number of hydrogen-bond acceptors (Lipinski definition) is 4. The molecule has 0 aliphatic carbocycles. The quantitative estimate of drug-likeness (QED) is 0.237. The first-order chi connectivity index (χ1) is 14.3. The van der Waals surface area contributed by atoms with Gasteiger partial charge in [0.2, 0.25) is 0 Å². The number of fused-ring (bicyclic) bond motifs is 1. The summed E-state index contributed by atoms with van der Waals surface area (Å²) in [5, 5.41) is 12.6. The summed E-state index contributed by atoms with van der Waals surface area (Å²) in [6.07, 6.45) is 3.56. The van der Waals surface area contributed by atoms with Gasteiger partial charge in [0.1, 0.15) is 0 Å². The van der Waals surface area contributed by atoms with Crippen LogP contribution in [-0.4, -0.2) is 42.4 Å². The molecule has 4 aromatic rings. The van der Waals surface area contributed by atoms with Crippen LogP contribution in [0.5, 0.6) is 0 Å². The third-order valence-corrected chi connectivity index (χ3v) is 9.23. The van der Waals surface area contributed by atoms with Gasteiger partial charge in [-0.15, -0.1) is 0 Å². The van der Waals surface area contributed by atoms with Crippen molar-refractivity contribution in [1.29, 1.82) is 0 Å². The maximum atomic E-state index is 13.3. The molecule has 1 saturated heterocycles. The molecule has 30 heavy (non-hydrogen) atoms. The predicted octanol–water partition coefficient (Wildman–Crippen LogP) is -1.53. The molecule has 0 bridgehead atoms. The molecular weight excluding hydrogens is 514 g/mol. The van der Waals surface area contributed by atoms with Gasteiger partial charge in [-0.3, -0.25) is 0 Å². The van der Waals surface area contributed by atoms with Crippen LogP contribution >= 0.6 is 0 Å². The van der Waals surface area contributed by atoms with Gasteiger partial charge in [-0.1, -0.05) is 0 Å². The third-order valence-electron chi connectivity index (χ3n) is 5.31. The van der Waals surface area contributed by atoms with Crippen molar-refractivity contribution in [2.75, 3.05) is 8.86 Å². The number of alkyl halides is 5. The molecule has 0 atom stereocenters. The van der Waals surface area contributed by atoms with Gasteiger partial charge in [0, 0.05) is 0 Å². The van der Waals surface area contributed by atoms with E-state index in [1.54, 1.807) is 12.5 Å². The van der Waals surface area contributed by atoms with Gasteiger partial charge >= 0.3 is 178 Å². The monoisotopic (exact) mass is 530 g/mol. The van der Waals surface area contributed by atoms with Crippen LogP contribution in [0.25, 0.3) is 11.2 Å². The normalized spacial score (nSPS) is 16.4. The van der Waals surface area contributed by atoms with Crippen LogP contribution in [0.4, 0.5) is 13.2 Å². The molecular formula is C18H16F3IN7O-. The Balaban J connectivity index is 1.56. The Hall–Kier alpha value is -2.64. The number of rotatable bonds is 4. The molecule has 5 rings (SSSR count). The fraction of sp³-hybridized carbons (Fsp3) is 0.333. The molecule has 0 amide bonds. The van der Waals surface area contributed by atoms with Gasteiger partial charge in [-0.2, -0.15) is 0 Å². The molecule has 0 radical (unpaired) electrons. The molecule has 1 aliphatic rings. The Morgan fingerprint density at radius 3 is 2.70 bits per heavy atom. The van der Waals surface area contributed by atoms with Gasteiger partial charge in [-0.25, -0.2) is 0 Å². The van der Waals surface area contributed by atoms with Crippen molar-refractivity contribution in [2.45, 2.75) is 18.1 Å². The molecule has 0 spiro atoms. The maximum absolute atomic E-state index is 13.3. The standard InChI is InChI=1S/C18H16F3IN7O/c1-26-11-23-25-15(26)5-17(9-22-10-17)29-7-12(6-24-29)28-8-14-13(18(19,20)21)3-2-4-27(14)16(28)30/h2-4,6-8,11H,5,9-10H2,1H3/q-1. The fourth-order valence-electron chi connectivity index (χ4n) is 3.61. The van der Waals surface area contributed by atoms with Crippen molar-refractivity contribution in [3.8, 4) is 5.69 Å². The average molecular weight is 530 g/mol. The molecule has 0 N–H and O–H groups in total. The van der Waals surface area contributed by atoms with Crippen molar-refractivity contribution in [3.63, 3.8) is 0 Å². The van der Waals surface area contributed by atoms with E-state index in [-0.39, 0.29) is 32.3 Å². The molecule has 1 fully saturated rings. The Labute approximate surface area is 178 Å². The van der Waals surface area contributed by atoms with E-state index in [0.29, 0.717) is 12.1 Å². The van der Waals surface area contributed by atoms with Crippen molar-refractivity contribution in [2.24, 2.45) is 7.05 Å². The minimum absolute atomic E-state index is 0.0793. The molecule has 0 aromatic carbocycles. The first-order valence-electron chi connectivity index (χ1n) is 9.00. The summed E-state index contributed by atoms with van der Waals surface area (Å²) in [6, 6.07) is 2.19. The minimum atomic E-state index is -4.55. The van der Waals surface area contributed by atoms with E-state index in [4.69, 9.17) is 0 Å². The first kappa shape index (κ1) is 19.3. The van der Waals surface area contributed by atoms with Crippen LogP contribution in [0.15, 0.2) is 48.0 Å². The van der Waals surface area contributed by atoms with Crippen LogP contribution < -0.4 is 26.9 Å². The summed E-state index contributed by atoms with van der Waals surface area (Å²) in [5.74, 6) is 0.845. The van der Waals surface area contributed by atoms with Gasteiger partial charge in [0.15, 0.2) is 0 Å². The summed E-state index contributed by atoms with van der Waals surface area (Å²) in [7, 11) is 1.88. The van der Waals surface area contributed by atoms with E-state index in [1.807, 2.05) is 16.3 Å². The average Bonchev–Trinajstić information content (AvgIpc) is 3.37. The predicted molar refractivity (Wildman–Crippen MR) is 96.2 cm³/mol. The van der Waals surface area contributed by atoms with Crippen LogP contribution in [0.2, 0.25) is 0 Å². The van der Waals surface area contributed by atoms with E-state index in [1.165, 1.54) is 29.2 Å². The molecule has 0 unspecified atom stereocenters.